The fourth-order valence-corrected chi connectivity index (χ4v) is 2.90. The molecule has 0 heterocycles. The zero-order chi connectivity index (χ0) is 15.9. The molecule has 0 saturated carbocycles. The lowest BCUT2D eigenvalue weighted by Gasteiger charge is -2.36. The molecule has 0 unspecified atom stereocenters. The lowest BCUT2D eigenvalue weighted by atomic mass is 10.2. The Balaban J connectivity index is 2.47. The molecule has 0 amide bonds. The van der Waals surface area contributed by atoms with Gasteiger partial charge in [-0.1, -0.05) is 47.0 Å². The van der Waals surface area contributed by atoms with Crippen LogP contribution in [0.3, 0.4) is 0 Å². The highest BCUT2D eigenvalue weighted by Gasteiger charge is 2.38. The Kier molecular flexibility index (Phi) is 6.79. The van der Waals surface area contributed by atoms with Crippen molar-refractivity contribution in [1.82, 2.24) is 0 Å². The van der Waals surface area contributed by atoms with Crippen LogP contribution in [0.25, 0.3) is 0 Å². The second-order valence-electron chi connectivity index (χ2n) is 7.37. The number of unbranched alkanes of at least 4 members (excludes halogenated alkanes) is 3. The SMILES string of the molecule is CCCCCCNc1ccc(O[Si](C)(C)C(C)(C)C)cc1. The zero-order valence-electron chi connectivity index (χ0n) is 14.8. The summed E-state index contributed by atoms with van der Waals surface area (Å²) in [5.74, 6) is 0.998. The second kappa shape index (κ2) is 7.88. The van der Waals surface area contributed by atoms with Gasteiger partial charge in [0.15, 0.2) is 0 Å². The van der Waals surface area contributed by atoms with Gasteiger partial charge in [-0.2, -0.15) is 0 Å². The average Bonchev–Trinajstić information content (AvgIpc) is 2.39. The van der Waals surface area contributed by atoms with Gasteiger partial charge in [-0.25, -0.2) is 0 Å². The molecule has 3 heteroatoms. The minimum atomic E-state index is -1.72. The van der Waals surface area contributed by atoms with Crippen LogP contribution in [0.5, 0.6) is 5.75 Å². The first-order valence-corrected chi connectivity index (χ1v) is 11.2. The Hall–Kier alpha value is -0.963. The van der Waals surface area contributed by atoms with Crippen LogP contribution in [0.15, 0.2) is 24.3 Å². The van der Waals surface area contributed by atoms with E-state index in [0.717, 1.165) is 12.3 Å². The summed E-state index contributed by atoms with van der Waals surface area (Å²) in [6.07, 6.45) is 5.19. The Morgan fingerprint density at radius 1 is 1.00 bits per heavy atom. The molecule has 0 aliphatic carbocycles. The first kappa shape index (κ1) is 18.1. The fourth-order valence-electron chi connectivity index (χ4n) is 1.87. The Morgan fingerprint density at radius 2 is 1.62 bits per heavy atom. The van der Waals surface area contributed by atoms with Gasteiger partial charge in [0.2, 0.25) is 8.32 Å². The summed E-state index contributed by atoms with van der Waals surface area (Å²) >= 11 is 0. The summed E-state index contributed by atoms with van der Waals surface area (Å²) in [6.45, 7) is 14.7. The topological polar surface area (TPSA) is 21.3 Å². The van der Waals surface area contributed by atoms with E-state index in [0.29, 0.717) is 0 Å². The van der Waals surface area contributed by atoms with Gasteiger partial charge in [-0.15, -0.1) is 0 Å². The number of nitrogens with one attached hydrogen (secondary N) is 1. The molecule has 2 nitrogen and oxygen atoms in total. The summed E-state index contributed by atoms with van der Waals surface area (Å²) < 4.78 is 6.29. The van der Waals surface area contributed by atoms with Gasteiger partial charge >= 0.3 is 0 Å². The molecule has 120 valence electrons. The summed E-state index contributed by atoms with van der Waals surface area (Å²) in [5.41, 5.74) is 1.19. The molecular formula is C18H33NOSi. The lowest BCUT2D eigenvalue weighted by molar-refractivity contribution is 0.492. The van der Waals surface area contributed by atoms with Gasteiger partial charge in [-0.3, -0.25) is 0 Å². The van der Waals surface area contributed by atoms with Crippen LogP contribution in [0.4, 0.5) is 5.69 Å². The van der Waals surface area contributed by atoms with Crippen molar-refractivity contribution in [1.29, 1.82) is 0 Å². The minimum absolute atomic E-state index is 0.239. The Morgan fingerprint density at radius 3 is 2.14 bits per heavy atom. The molecule has 1 aromatic rings. The molecule has 1 rings (SSSR count). The smallest absolute Gasteiger partial charge is 0.250 e. The quantitative estimate of drug-likeness (QED) is 0.465. The molecule has 0 aliphatic rings. The van der Waals surface area contributed by atoms with E-state index < -0.39 is 8.32 Å². The fraction of sp³-hybridized carbons (Fsp3) is 0.667. The monoisotopic (exact) mass is 307 g/mol. The molecule has 0 spiro atoms. The Bertz CT molecular complexity index is 406. The van der Waals surface area contributed by atoms with Crippen LogP contribution in [0, 0.1) is 0 Å². The number of hydrogen-bond acceptors (Lipinski definition) is 2. The van der Waals surface area contributed by atoms with Crippen LogP contribution >= 0.6 is 0 Å². The van der Waals surface area contributed by atoms with Crippen LogP contribution in [0.2, 0.25) is 18.1 Å². The van der Waals surface area contributed by atoms with E-state index in [-0.39, 0.29) is 5.04 Å². The summed E-state index contributed by atoms with van der Waals surface area (Å²) in [4.78, 5) is 0. The molecule has 1 aromatic carbocycles. The molecule has 0 fully saturated rings. The van der Waals surface area contributed by atoms with Gasteiger partial charge in [0, 0.05) is 12.2 Å². The van der Waals surface area contributed by atoms with Crippen LogP contribution in [-0.2, 0) is 0 Å². The van der Waals surface area contributed by atoms with Crippen molar-refractivity contribution in [2.45, 2.75) is 71.5 Å². The highest BCUT2D eigenvalue weighted by Crippen LogP contribution is 2.37. The van der Waals surface area contributed by atoms with E-state index >= 15 is 0 Å². The van der Waals surface area contributed by atoms with Gasteiger partial charge < -0.3 is 9.74 Å². The van der Waals surface area contributed by atoms with E-state index in [9.17, 15) is 0 Å². The molecule has 0 aliphatic heterocycles. The summed E-state index contributed by atoms with van der Waals surface area (Å²) in [6, 6.07) is 8.44. The van der Waals surface area contributed by atoms with Crippen molar-refractivity contribution in [3.8, 4) is 5.75 Å². The molecule has 0 radical (unpaired) electrons. The molecule has 0 atom stereocenters. The van der Waals surface area contributed by atoms with Crippen molar-refractivity contribution in [2.24, 2.45) is 0 Å². The van der Waals surface area contributed by atoms with Gasteiger partial charge in [-0.05, 0) is 48.8 Å². The Labute approximate surface area is 132 Å². The first-order chi connectivity index (χ1) is 9.76. The number of hydrogen-bond donors (Lipinski definition) is 1. The van der Waals surface area contributed by atoms with Gasteiger partial charge in [0.05, 0.1) is 0 Å². The molecule has 0 bridgehead atoms. The van der Waals surface area contributed by atoms with E-state index in [1.165, 1.54) is 31.4 Å². The highest BCUT2D eigenvalue weighted by molar-refractivity contribution is 6.74. The molecule has 21 heavy (non-hydrogen) atoms. The second-order valence-corrected chi connectivity index (χ2v) is 12.1. The van der Waals surface area contributed by atoms with E-state index in [4.69, 9.17) is 4.43 Å². The minimum Gasteiger partial charge on any atom is -0.544 e. The van der Waals surface area contributed by atoms with Crippen LogP contribution < -0.4 is 9.74 Å². The summed E-state index contributed by atoms with van der Waals surface area (Å²) in [7, 11) is -1.72. The van der Waals surface area contributed by atoms with E-state index in [1.807, 2.05) is 0 Å². The third-order valence-electron chi connectivity index (χ3n) is 4.39. The van der Waals surface area contributed by atoms with E-state index in [2.05, 4.69) is 70.4 Å². The maximum Gasteiger partial charge on any atom is 0.250 e. The molecule has 0 aromatic heterocycles. The maximum absolute atomic E-state index is 6.29. The third kappa shape index (κ3) is 6.12. The van der Waals surface area contributed by atoms with Crippen molar-refractivity contribution in [3.63, 3.8) is 0 Å². The predicted molar refractivity (Wildman–Crippen MR) is 96.9 cm³/mol. The average molecular weight is 308 g/mol. The largest absolute Gasteiger partial charge is 0.544 e. The lowest BCUT2D eigenvalue weighted by Crippen LogP contribution is -2.43. The van der Waals surface area contributed by atoms with Gasteiger partial charge in [0.25, 0.3) is 0 Å². The highest BCUT2D eigenvalue weighted by atomic mass is 28.4. The standard InChI is InChI=1S/C18H33NOSi/c1-7-8-9-10-15-19-16-11-13-17(14-12-16)20-21(5,6)18(2,3)4/h11-14,19H,7-10,15H2,1-6H3. The number of rotatable bonds is 8. The molecular weight excluding hydrogens is 274 g/mol. The number of anilines is 1. The molecule has 1 N–H and O–H groups in total. The summed E-state index contributed by atoms with van der Waals surface area (Å²) in [5, 5.41) is 3.72. The van der Waals surface area contributed by atoms with Crippen LogP contribution in [-0.4, -0.2) is 14.9 Å². The maximum atomic E-state index is 6.29. The van der Waals surface area contributed by atoms with E-state index in [1.54, 1.807) is 0 Å². The molecule has 0 saturated heterocycles. The predicted octanol–water partition coefficient (Wildman–Crippen LogP) is 6.06. The third-order valence-corrected chi connectivity index (χ3v) is 8.75. The normalized spacial score (nSPS) is 12.3. The van der Waals surface area contributed by atoms with Crippen LogP contribution in [0.1, 0.15) is 53.4 Å². The van der Waals surface area contributed by atoms with Gasteiger partial charge in [0.1, 0.15) is 5.75 Å². The van der Waals surface area contributed by atoms with Crippen molar-refractivity contribution in [2.75, 3.05) is 11.9 Å². The zero-order valence-corrected chi connectivity index (χ0v) is 15.8. The van der Waals surface area contributed by atoms with Crippen molar-refractivity contribution in [3.05, 3.63) is 24.3 Å². The van der Waals surface area contributed by atoms with Crippen molar-refractivity contribution >= 4 is 14.0 Å². The number of benzene rings is 1. The first-order valence-electron chi connectivity index (χ1n) is 8.29. The van der Waals surface area contributed by atoms with Crippen molar-refractivity contribution < 1.29 is 4.43 Å².